The molecule has 0 aromatic heterocycles. The van der Waals surface area contributed by atoms with Crippen molar-refractivity contribution in [3.05, 3.63) is 114 Å². The van der Waals surface area contributed by atoms with Gasteiger partial charge in [-0.2, -0.15) is 5.10 Å². The number of nitrogens with zero attached hydrogens (tertiary/aromatic N) is 2. The second-order valence-corrected chi connectivity index (χ2v) is 7.68. The van der Waals surface area contributed by atoms with Crippen LogP contribution in [0.1, 0.15) is 38.8 Å². The van der Waals surface area contributed by atoms with Gasteiger partial charge in [-0.3, -0.25) is 4.79 Å². The molecule has 3 N–H and O–H groups in total. The van der Waals surface area contributed by atoms with E-state index in [4.69, 9.17) is 0 Å². The number of hydrazone groups is 1. The van der Waals surface area contributed by atoms with Crippen LogP contribution in [0.15, 0.2) is 91.1 Å². The Balaban J connectivity index is 1.79. The van der Waals surface area contributed by atoms with E-state index in [-0.39, 0.29) is 17.4 Å². The van der Waals surface area contributed by atoms with Gasteiger partial charge in [0.25, 0.3) is 5.91 Å². The molecule has 166 valence electrons. The van der Waals surface area contributed by atoms with E-state index in [0.29, 0.717) is 46.3 Å². The summed E-state index contributed by atoms with van der Waals surface area (Å²) in [6.45, 7) is 7.46. The molecule has 0 radical (unpaired) electrons. The second-order valence-electron chi connectivity index (χ2n) is 7.68. The zero-order chi connectivity index (χ0) is 23.4. The minimum Gasteiger partial charge on any atom is -0.507 e. The maximum Gasteiger partial charge on any atom is 0.278 e. The molecule has 0 fully saturated rings. The van der Waals surface area contributed by atoms with Crippen molar-refractivity contribution in [1.29, 1.82) is 0 Å². The van der Waals surface area contributed by atoms with Gasteiger partial charge in [0.1, 0.15) is 11.5 Å². The van der Waals surface area contributed by atoms with Gasteiger partial charge < -0.3 is 15.5 Å². The van der Waals surface area contributed by atoms with Crippen LogP contribution in [0.5, 0.6) is 11.5 Å². The number of rotatable bonds is 7. The molecule has 3 aromatic rings. The van der Waals surface area contributed by atoms with Crippen LogP contribution in [0.2, 0.25) is 0 Å². The van der Waals surface area contributed by atoms with Crippen molar-refractivity contribution in [2.75, 3.05) is 5.32 Å². The van der Waals surface area contributed by atoms with Gasteiger partial charge in [-0.25, -0.2) is 5.01 Å². The highest BCUT2D eigenvalue weighted by atomic mass is 16.3. The summed E-state index contributed by atoms with van der Waals surface area (Å²) >= 11 is 0. The van der Waals surface area contributed by atoms with E-state index in [1.807, 2.05) is 36.4 Å². The maximum atomic E-state index is 13.4. The van der Waals surface area contributed by atoms with Crippen LogP contribution >= 0.6 is 0 Å². The predicted molar refractivity (Wildman–Crippen MR) is 131 cm³/mol. The number of fused-ring (bicyclic) bond motifs is 1. The summed E-state index contributed by atoms with van der Waals surface area (Å²) in [5.41, 5.74) is 3.53. The van der Waals surface area contributed by atoms with Gasteiger partial charge in [0, 0.05) is 16.8 Å². The highest BCUT2D eigenvalue weighted by Gasteiger charge is 2.34. The molecule has 0 spiro atoms. The maximum absolute atomic E-state index is 13.4. The molecule has 3 aromatic carbocycles. The molecule has 1 aliphatic heterocycles. The molecule has 0 saturated heterocycles. The number of anilines is 1. The number of allylic oxidation sites excluding steroid dienone is 2. The monoisotopic (exact) mass is 439 g/mol. The average Bonchev–Trinajstić information content (AvgIpc) is 2.82. The molecule has 0 saturated carbocycles. The lowest BCUT2D eigenvalue weighted by atomic mass is 10.0. The zero-order valence-corrected chi connectivity index (χ0v) is 18.1. The van der Waals surface area contributed by atoms with Crippen molar-refractivity contribution in [3.63, 3.8) is 0 Å². The van der Waals surface area contributed by atoms with Crippen molar-refractivity contribution in [1.82, 2.24) is 5.01 Å². The molecular formula is C27H25N3O3. The van der Waals surface area contributed by atoms with E-state index >= 15 is 0 Å². The lowest BCUT2D eigenvalue weighted by Crippen LogP contribution is -2.39. The Bertz CT molecular complexity index is 1250. The first kappa shape index (κ1) is 21.9. The highest BCUT2D eigenvalue weighted by Crippen LogP contribution is 2.38. The largest absolute Gasteiger partial charge is 0.507 e. The first-order chi connectivity index (χ1) is 16.0. The third-order valence-electron chi connectivity index (χ3n) is 5.55. The average molecular weight is 440 g/mol. The standard InChI is InChI=1S/C27H25N3O3/c1-3-9-18-11-7-13-20(24(18)31)17-28-30-26(22-15-8-12-19(10-4-2)25(22)32)29-23-16-6-5-14-21(23)27(30)33/h3-8,11-17,26,29,31-32H,1-2,9-10H2/b28-17-/t26-/m1/s1. The van der Waals surface area contributed by atoms with Crippen LogP contribution in [-0.2, 0) is 12.8 Å². The van der Waals surface area contributed by atoms with Crippen LogP contribution in [0.3, 0.4) is 0 Å². The van der Waals surface area contributed by atoms with Crippen LogP contribution in [0.25, 0.3) is 0 Å². The number of phenols is 2. The third kappa shape index (κ3) is 4.23. The van der Waals surface area contributed by atoms with Gasteiger partial charge in [-0.1, -0.05) is 54.6 Å². The summed E-state index contributed by atoms with van der Waals surface area (Å²) in [6.07, 6.45) is 5.13. The van der Waals surface area contributed by atoms with Crippen LogP contribution in [0.4, 0.5) is 5.69 Å². The summed E-state index contributed by atoms with van der Waals surface area (Å²) in [4.78, 5) is 13.4. The molecule has 0 bridgehead atoms. The van der Waals surface area contributed by atoms with E-state index in [9.17, 15) is 15.0 Å². The summed E-state index contributed by atoms with van der Waals surface area (Å²) in [6, 6.07) is 17.9. The first-order valence-electron chi connectivity index (χ1n) is 10.6. The number of hydrogen-bond acceptors (Lipinski definition) is 5. The zero-order valence-electron chi connectivity index (χ0n) is 18.1. The Kier molecular flexibility index (Phi) is 6.26. The Labute approximate surface area is 192 Å². The molecule has 6 nitrogen and oxygen atoms in total. The smallest absolute Gasteiger partial charge is 0.278 e. The highest BCUT2D eigenvalue weighted by molar-refractivity contribution is 6.02. The van der Waals surface area contributed by atoms with Gasteiger partial charge in [0.05, 0.1) is 11.8 Å². The van der Waals surface area contributed by atoms with E-state index in [1.165, 1.54) is 11.2 Å². The Morgan fingerprint density at radius 3 is 2.30 bits per heavy atom. The van der Waals surface area contributed by atoms with Gasteiger partial charge in [-0.05, 0) is 42.2 Å². The normalized spacial score (nSPS) is 15.2. The SMILES string of the molecule is C=CCc1cccc(/C=N\N2C(=O)c3ccccc3N[C@H]2c2cccc(CC=C)c2O)c1O. The van der Waals surface area contributed by atoms with Crippen LogP contribution < -0.4 is 5.32 Å². The van der Waals surface area contributed by atoms with E-state index < -0.39 is 6.17 Å². The molecule has 33 heavy (non-hydrogen) atoms. The number of carbonyl (C=O) groups excluding carboxylic acids is 1. The lowest BCUT2D eigenvalue weighted by molar-refractivity contribution is 0.0689. The lowest BCUT2D eigenvalue weighted by Gasteiger charge is -2.35. The van der Waals surface area contributed by atoms with E-state index in [1.54, 1.807) is 36.4 Å². The molecule has 0 unspecified atom stereocenters. The summed E-state index contributed by atoms with van der Waals surface area (Å²) in [5, 5.41) is 30.6. The number of hydrogen-bond donors (Lipinski definition) is 3. The van der Waals surface area contributed by atoms with Crippen molar-refractivity contribution in [2.45, 2.75) is 19.0 Å². The molecular weight excluding hydrogens is 414 g/mol. The van der Waals surface area contributed by atoms with E-state index in [0.717, 1.165) is 0 Å². The minimum absolute atomic E-state index is 0.0816. The van der Waals surface area contributed by atoms with Crippen molar-refractivity contribution < 1.29 is 15.0 Å². The van der Waals surface area contributed by atoms with E-state index in [2.05, 4.69) is 23.6 Å². The molecule has 1 heterocycles. The predicted octanol–water partition coefficient (Wildman–Crippen LogP) is 5.16. The molecule has 0 aliphatic carbocycles. The Morgan fingerprint density at radius 1 is 0.909 bits per heavy atom. The molecule has 4 rings (SSSR count). The van der Waals surface area contributed by atoms with Gasteiger partial charge >= 0.3 is 0 Å². The van der Waals surface area contributed by atoms with Crippen LogP contribution in [0, 0.1) is 0 Å². The minimum atomic E-state index is -0.744. The van der Waals surface area contributed by atoms with Crippen LogP contribution in [-0.4, -0.2) is 27.3 Å². The Morgan fingerprint density at radius 2 is 1.58 bits per heavy atom. The number of para-hydroxylation sites is 3. The number of phenolic OH excluding ortho intramolecular Hbond substituents is 2. The van der Waals surface area contributed by atoms with Crippen molar-refractivity contribution in [3.8, 4) is 11.5 Å². The number of amides is 1. The fraction of sp³-hybridized carbons (Fsp3) is 0.111. The quantitative estimate of drug-likeness (QED) is 0.351. The fourth-order valence-corrected chi connectivity index (χ4v) is 3.89. The number of aromatic hydroxyl groups is 2. The van der Waals surface area contributed by atoms with Gasteiger partial charge in [0.15, 0.2) is 6.17 Å². The molecule has 6 heteroatoms. The summed E-state index contributed by atoms with van der Waals surface area (Å²) in [7, 11) is 0. The summed E-state index contributed by atoms with van der Waals surface area (Å²) < 4.78 is 0. The number of nitrogens with one attached hydrogen (secondary N) is 1. The summed E-state index contributed by atoms with van der Waals surface area (Å²) in [5.74, 6) is -0.148. The molecule has 1 aliphatic rings. The molecule has 1 amide bonds. The number of benzene rings is 3. The Hall–Kier alpha value is -4.32. The van der Waals surface area contributed by atoms with Gasteiger partial charge in [0.2, 0.25) is 0 Å². The first-order valence-corrected chi connectivity index (χ1v) is 10.6. The second kappa shape index (κ2) is 9.44. The van der Waals surface area contributed by atoms with Crippen molar-refractivity contribution >= 4 is 17.8 Å². The molecule has 1 atom stereocenters. The van der Waals surface area contributed by atoms with Crippen molar-refractivity contribution in [2.24, 2.45) is 5.10 Å². The number of carbonyl (C=O) groups is 1. The third-order valence-corrected chi connectivity index (χ3v) is 5.55. The topological polar surface area (TPSA) is 85.2 Å². The van der Waals surface area contributed by atoms with Gasteiger partial charge in [-0.15, -0.1) is 13.2 Å². The fourth-order valence-electron chi connectivity index (χ4n) is 3.89.